The summed E-state index contributed by atoms with van der Waals surface area (Å²) in [7, 11) is 0. The highest BCUT2D eigenvalue weighted by atomic mass is 16.3. The lowest BCUT2D eigenvalue weighted by atomic mass is 9.86. The van der Waals surface area contributed by atoms with E-state index >= 15 is 0 Å². The first-order valence-corrected chi connectivity index (χ1v) is 4.66. The molecule has 2 rings (SSSR count). The van der Waals surface area contributed by atoms with Crippen LogP contribution in [0.3, 0.4) is 0 Å². The van der Waals surface area contributed by atoms with Crippen LogP contribution in [0.2, 0.25) is 0 Å². The van der Waals surface area contributed by atoms with Crippen molar-refractivity contribution in [3.8, 4) is 0 Å². The Balaban J connectivity index is 1.98. The van der Waals surface area contributed by atoms with Crippen LogP contribution in [-0.2, 0) is 0 Å². The van der Waals surface area contributed by atoms with Gasteiger partial charge in [-0.15, -0.1) is 0 Å². The van der Waals surface area contributed by atoms with Gasteiger partial charge >= 0.3 is 0 Å². The van der Waals surface area contributed by atoms with Crippen LogP contribution in [0, 0.1) is 17.8 Å². The normalized spacial score (nSPS) is 37.5. The number of hydrogen-bond acceptors (Lipinski definition) is 1. The highest BCUT2D eigenvalue weighted by Crippen LogP contribution is 2.42. The van der Waals surface area contributed by atoms with Gasteiger partial charge in [-0.2, -0.15) is 0 Å². The first kappa shape index (κ1) is 7.35. The van der Waals surface area contributed by atoms with Gasteiger partial charge in [0.1, 0.15) is 0 Å². The van der Waals surface area contributed by atoms with Gasteiger partial charge in [-0.1, -0.05) is 12.2 Å². The van der Waals surface area contributed by atoms with E-state index in [1.807, 2.05) is 0 Å². The lowest BCUT2D eigenvalue weighted by Gasteiger charge is -2.19. The molecule has 1 N–H and O–H groups in total. The second-order valence-corrected chi connectivity index (χ2v) is 3.98. The fourth-order valence-corrected chi connectivity index (χ4v) is 2.61. The van der Waals surface area contributed by atoms with Crippen LogP contribution < -0.4 is 0 Å². The molecule has 0 heterocycles. The third kappa shape index (κ3) is 1.34. The van der Waals surface area contributed by atoms with Crippen LogP contribution in [0.25, 0.3) is 0 Å². The van der Waals surface area contributed by atoms with Crippen LogP contribution >= 0.6 is 0 Å². The molecule has 1 fully saturated rings. The Kier molecular flexibility index (Phi) is 1.99. The average molecular weight is 152 g/mol. The van der Waals surface area contributed by atoms with E-state index in [-0.39, 0.29) is 0 Å². The second kappa shape index (κ2) is 2.98. The highest BCUT2D eigenvalue weighted by molar-refractivity contribution is 4.98. The van der Waals surface area contributed by atoms with E-state index in [2.05, 4.69) is 12.2 Å². The zero-order valence-electron chi connectivity index (χ0n) is 6.87. The molecular weight excluding hydrogens is 136 g/mol. The maximum atomic E-state index is 8.99. The van der Waals surface area contributed by atoms with Gasteiger partial charge in [0.2, 0.25) is 0 Å². The van der Waals surface area contributed by atoms with Gasteiger partial charge in [-0.3, -0.25) is 0 Å². The number of aliphatic hydroxyl groups excluding tert-OH is 1. The van der Waals surface area contributed by atoms with Gasteiger partial charge in [-0.25, -0.2) is 0 Å². The van der Waals surface area contributed by atoms with Crippen molar-refractivity contribution in [1.82, 2.24) is 0 Å². The van der Waals surface area contributed by atoms with Crippen LogP contribution in [0.4, 0.5) is 0 Å². The quantitative estimate of drug-likeness (QED) is 0.569. The Bertz CT molecular complexity index is 146. The molecule has 0 aliphatic heterocycles. The van der Waals surface area contributed by atoms with Crippen molar-refractivity contribution in [2.24, 2.45) is 17.8 Å². The molecule has 2 atom stereocenters. The van der Waals surface area contributed by atoms with Gasteiger partial charge in [-0.05, 0) is 43.4 Å². The Morgan fingerprint density at radius 3 is 2.09 bits per heavy atom. The van der Waals surface area contributed by atoms with E-state index in [9.17, 15) is 0 Å². The largest absolute Gasteiger partial charge is 0.396 e. The number of hydrogen-bond donors (Lipinski definition) is 1. The van der Waals surface area contributed by atoms with Crippen molar-refractivity contribution < 1.29 is 5.11 Å². The molecule has 0 spiro atoms. The summed E-state index contributed by atoms with van der Waals surface area (Å²) in [5.74, 6) is 2.42. The van der Waals surface area contributed by atoms with Crippen molar-refractivity contribution >= 4 is 0 Å². The van der Waals surface area contributed by atoms with E-state index in [1.165, 1.54) is 25.7 Å². The number of rotatable bonds is 1. The Hall–Kier alpha value is -0.300. The predicted molar refractivity (Wildman–Crippen MR) is 45.2 cm³/mol. The summed E-state index contributed by atoms with van der Waals surface area (Å²) in [4.78, 5) is 0. The summed E-state index contributed by atoms with van der Waals surface area (Å²) in [6, 6.07) is 0. The molecule has 0 saturated heterocycles. The third-order valence-corrected chi connectivity index (χ3v) is 3.24. The number of aliphatic hydroxyl groups is 1. The van der Waals surface area contributed by atoms with Crippen molar-refractivity contribution in [3.05, 3.63) is 12.2 Å². The molecule has 1 saturated carbocycles. The van der Waals surface area contributed by atoms with Crippen molar-refractivity contribution in [2.45, 2.75) is 25.7 Å². The molecule has 0 aromatic heterocycles. The predicted octanol–water partition coefficient (Wildman–Crippen LogP) is 1.97. The zero-order valence-corrected chi connectivity index (χ0v) is 6.87. The summed E-state index contributed by atoms with van der Waals surface area (Å²) in [5, 5.41) is 8.99. The molecule has 62 valence electrons. The molecule has 0 aromatic rings. The van der Waals surface area contributed by atoms with Gasteiger partial charge in [0, 0.05) is 6.61 Å². The summed E-state index contributed by atoms with van der Waals surface area (Å²) in [6.45, 7) is 0.410. The first-order chi connectivity index (χ1) is 5.40. The summed E-state index contributed by atoms with van der Waals surface area (Å²) >= 11 is 0. The van der Waals surface area contributed by atoms with Crippen LogP contribution in [0.15, 0.2) is 12.2 Å². The SMILES string of the molecule is OCC1C[C@@H]2CC=CC[C@H]2C1. The lowest BCUT2D eigenvalue weighted by molar-refractivity contribution is 0.225. The minimum absolute atomic E-state index is 0.410. The van der Waals surface area contributed by atoms with E-state index in [1.54, 1.807) is 0 Å². The molecule has 1 heteroatoms. The van der Waals surface area contributed by atoms with Crippen LogP contribution in [0.1, 0.15) is 25.7 Å². The van der Waals surface area contributed by atoms with E-state index in [4.69, 9.17) is 5.11 Å². The maximum Gasteiger partial charge on any atom is 0.0459 e. The zero-order chi connectivity index (χ0) is 7.68. The molecule has 2 aliphatic carbocycles. The fraction of sp³-hybridized carbons (Fsp3) is 0.800. The third-order valence-electron chi connectivity index (χ3n) is 3.24. The molecule has 2 aliphatic rings. The molecule has 1 nitrogen and oxygen atoms in total. The van der Waals surface area contributed by atoms with Gasteiger partial charge in [0.15, 0.2) is 0 Å². The Morgan fingerprint density at radius 2 is 1.64 bits per heavy atom. The van der Waals surface area contributed by atoms with Crippen molar-refractivity contribution in [2.75, 3.05) is 6.61 Å². The first-order valence-electron chi connectivity index (χ1n) is 4.66. The summed E-state index contributed by atoms with van der Waals surface area (Å²) < 4.78 is 0. The molecule has 0 bridgehead atoms. The monoisotopic (exact) mass is 152 g/mol. The van der Waals surface area contributed by atoms with E-state index in [0.29, 0.717) is 12.5 Å². The van der Waals surface area contributed by atoms with Crippen LogP contribution in [0.5, 0.6) is 0 Å². The van der Waals surface area contributed by atoms with Crippen LogP contribution in [-0.4, -0.2) is 11.7 Å². The topological polar surface area (TPSA) is 20.2 Å². The smallest absolute Gasteiger partial charge is 0.0459 e. The summed E-state index contributed by atoms with van der Waals surface area (Å²) in [5.41, 5.74) is 0. The minimum Gasteiger partial charge on any atom is -0.396 e. The number of fused-ring (bicyclic) bond motifs is 1. The van der Waals surface area contributed by atoms with Crippen molar-refractivity contribution in [3.63, 3.8) is 0 Å². The van der Waals surface area contributed by atoms with Crippen molar-refractivity contribution in [1.29, 1.82) is 0 Å². The average Bonchev–Trinajstić information content (AvgIpc) is 2.46. The number of allylic oxidation sites excluding steroid dienone is 2. The standard InChI is InChI=1S/C10H16O/c11-7-8-5-9-3-1-2-4-10(9)6-8/h1-2,8-11H,3-7H2/t9-,10-/m0/s1. The molecule has 0 amide bonds. The van der Waals surface area contributed by atoms with Gasteiger partial charge in [0.05, 0.1) is 0 Å². The molecule has 0 radical (unpaired) electrons. The molecular formula is C10H16O. The van der Waals surface area contributed by atoms with E-state index in [0.717, 1.165) is 11.8 Å². The maximum absolute atomic E-state index is 8.99. The Labute approximate surface area is 68.1 Å². The Morgan fingerprint density at radius 1 is 1.09 bits per heavy atom. The van der Waals surface area contributed by atoms with E-state index < -0.39 is 0 Å². The molecule has 0 unspecified atom stereocenters. The summed E-state index contributed by atoms with van der Waals surface area (Å²) in [6.07, 6.45) is 9.68. The molecule has 11 heavy (non-hydrogen) atoms. The fourth-order valence-electron chi connectivity index (χ4n) is 2.61. The van der Waals surface area contributed by atoms with Gasteiger partial charge in [0.25, 0.3) is 0 Å². The van der Waals surface area contributed by atoms with Gasteiger partial charge < -0.3 is 5.11 Å². The second-order valence-electron chi connectivity index (χ2n) is 3.98. The highest BCUT2D eigenvalue weighted by Gasteiger charge is 2.33. The lowest BCUT2D eigenvalue weighted by Crippen LogP contribution is -2.08. The minimum atomic E-state index is 0.410. The molecule has 0 aromatic carbocycles.